The summed E-state index contributed by atoms with van der Waals surface area (Å²) in [6.45, 7) is 6.46. The van der Waals surface area contributed by atoms with Crippen LogP contribution in [0.3, 0.4) is 0 Å². The van der Waals surface area contributed by atoms with E-state index in [1.54, 1.807) is 0 Å². The highest BCUT2D eigenvalue weighted by Crippen LogP contribution is 2.34. The minimum Gasteiger partial charge on any atom is -0.309 e. The lowest BCUT2D eigenvalue weighted by Crippen LogP contribution is -2.20. The number of aryl methyl sites for hydroxylation is 3. The summed E-state index contributed by atoms with van der Waals surface area (Å²) in [7, 11) is 1.98. The van der Waals surface area contributed by atoms with E-state index in [1.165, 1.54) is 22.3 Å². The standard InChI is InChI=1S/C17H19BrClN/c1-10-7-11(2)16(12(3)8-10)17(20-4)14-9-13(19)5-6-15(14)18/h5-9,17,20H,1-4H3. The lowest BCUT2D eigenvalue weighted by Gasteiger charge is -2.23. The minimum absolute atomic E-state index is 0.128. The Balaban J connectivity index is 2.61. The molecule has 2 rings (SSSR count). The quantitative estimate of drug-likeness (QED) is 0.786. The Morgan fingerprint density at radius 3 is 2.20 bits per heavy atom. The van der Waals surface area contributed by atoms with E-state index >= 15 is 0 Å². The van der Waals surface area contributed by atoms with Gasteiger partial charge >= 0.3 is 0 Å². The molecule has 3 heteroatoms. The van der Waals surface area contributed by atoms with Crippen molar-refractivity contribution < 1.29 is 0 Å². The predicted octanol–water partition coefficient (Wildman–Crippen LogP) is 5.34. The van der Waals surface area contributed by atoms with Gasteiger partial charge in [0, 0.05) is 9.50 Å². The molecule has 20 heavy (non-hydrogen) atoms. The molecular weight excluding hydrogens is 334 g/mol. The highest BCUT2D eigenvalue weighted by molar-refractivity contribution is 9.10. The largest absolute Gasteiger partial charge is 0.309 e. The number of hydrogen-bond donors (Lipinski definition) is 1. The maximum atomic E-state index is 6.16. The van der Waals surface area contributed by atoms with Crippen LogP contribution in [-0.4, -0.2) is 7.05 Å². The summed E-state index contributed by atoms with van der Waals surface area (Å²) < 4.78 is 1.07. The van der Waals surface area contributed by atoms with Gasteiger partial charge in [-0.05, 0) is 68.3 Å². The summed E-state index contributed by atoms with van der Waals surface area (Å²) in [6.07, 6.45) is 0. The Hall–Kier alpha value is -0.830. The van der Waals surface area contributed by atoms with E-state index in [9.17, 15) is 0 Å². The van der Waals surface area contributed by atoms with Crippen LogP contribution in [0.25, 0.3) is 0 Å². The van der Waals surface area contributed by atoms with Crippen molar-refractivity contribution in [1.82, 2.24) is 5.32 Å². The van der Waals surface area contributed by atoms with Gasteiger partial charge in [0.25, 0.3) is 0 Å². The Kier molecular flexibility index (Phi) is 4.90. The molecule has 0 bridgehead atoms. The van der Waals surface area contributed by atoms with Gasteiger partial charge in [0.05, 0.1) is 6.04 Å². The van der Waals surface area contributed by atoms with Crippen LogP contribution in [0.4, 0.5) is 0 Å². The van der Waals surface area contributed by atoms with E-state index in [2.05, 4.69) is 54.2 Å². The van der Waals surface area contributed by atoms with Crippen molar-refractivity contribution in [2.24, 2.45) is 0 Å². The van der Waals surface area contributed by atoms with E-state index in [4.69, 9.17) is 11.6 Å². The molecule has 1 unspecified atom stereocenters. The zero-order valence-electron chi connectivity index (χ0n) is 12.2. The van der Waals surface area contributed by atoms with Crippen LogP contribution in [0.1, 0.15) is 33.9 Å². The predicted molar refractivity (Wildman–Crippen MR) is 90.7 cm³/mol. The highest BCUT2D eigenvalue weighted by atomic mass is 79.9. The fraction of sp³-hybridized carbons (Fsp3) is 0.294. The average Bonchev–Trinajstić information content (AvgIpc) is 2.37. The fourth-order valence-corrected chi connectivity index (χ4v) is 3.49. The summed E-state index contributed by atoms with van der Waals surface area (Å²) in [5.74, 6) is 0. The maximum Gasteiger partial charge on any atom is 0.0591 e. The van der Waals surface area contributed by atoms with Crippen LogP contribution in [-0.2, 0) is 0 Å². The van der Waals surface area contributed by atoms with Gasteiger partial charge in [-0.25, -0.2) is 0 Å². The first-order valence-corrected chi connectivity index (χ1v) is 7.81. The Labute approximate surface area is 134 Å². The van der Waals surface area contributed by atoms with Gasteiger partial charge in [-0.2, -0.15) is 0 Å². The Bertz CT molecular complexity index is 614. The second-order valence-corrected chi connectivity index (χ2v) is 6.49. The third-order valence-electron chi connectivity index (χ3n) is 3.58. The molecule has 0 fully saturated rings. The molecule has 0 aliphatic carbocycles. The zero-order valence-corrected chi connectivity index (χ0v) is 14.6. The van der Waals surface area contributed by atoms with E-state index in [0.717, 1.165) is 15.1 Å². The first-order chi connectivity index (χ1) is 9.43. The summed E-state index contributed by atoms with van der Waals surface area (Å²) in [5, 5.41) is 4.17. The van der Waals surface area contributed by atoms with Crippen molar-refractivity contribution in [3.8, 4) is 0 Å². The van der Waals surface area contributed by atoms with Crippen LogP contribution in [0.5, 0.6) is 0 Å². The number of rotatable bonds is 3. The number of nitrogens with one attached hydrogen (secondary N) is 1. The minimum atomic E-state index is 0.128. The molecule has 2 aromatic rings. The second-order valence-electron chi connectivity index (χ2n) is 5.20. The summed E-state index contributed by atoms with van der Waals surface area (Å²) in [6, 6.07) is 10.5. The topological polar surface area (TPSA) is 12.0 Å². The third kappa shape index (κ3) is 3.08. The van der Waals surface area contributed by atoms with E-state index < -0.39 is 0 Å². The van der Waals surface area contributed by atoms with Crippen molar-refractivity contribution in [1.29, 1.82) is 0 Å². The second kappa shape index (κ2) is 6.30. The van der Waals surface area contributed by atoms with Crippen molar-refractivity contribution in [3.05, 3.63) is 67.6 Å². The van der Waals surface area contributed by atoms with Crippen LogP contribution in [0.2, 0.25) is 5.02 Å². The van der Waals surface area contributed by atoms with Crippen LogP contribution >= 0.6 is 27.5 Å². The SMILES string of the molecule is CNC(c1cc(Cl)ccc1Br)c1c(C)cc(C)cc1C. The molecule has 0 saturated carbocycles. The number of benzene rings is 2. The third-order valence-corrected chi connectivity index (χ3v) is 4.54. The van der Waals surface area contributed by atoms with Crippen LogP contribution in [0.15, 0.2) is 34.8 Å². The molecular formula is C17H19BrClN. The molecule has 106 valence electrons. The Morgan fingerprint density at radius 2 is 1.65 bits per heavy atom. The molecule has 0 aromatic heterocycles. The van der Waals surface area contributed by atoms with Gasteiger partial charge in [-0.3, -0.25) is 0 Å². The van der Waals surface area contributed by atoms with Crippen LogP contribution in [0, 0.1) is 20.8 Å². The Morgan fingerprint density at radius 1 is 1.05 bits per heavy atom. The maximum absolute atomic E-state index is 6.16. The molecule has 0 heterocycles. The summed E-state index contributed by atoms with van der Waals surface area (Å²) in [5.41, 5.74) is 6.38. The average molecular weight is 353 g/mol. The fourth-order valence-electron chi connectivity index (χ4n) is 2.84. The van der Waals surface area contributed by atoms with Crippen molar-refractivity contribution in [2.45, 2.75) is 26.8 Å². The molecule has 0 radical (unpaired) electrons. The van der Waals surface area contributed by atoms with Gasteiger partial charge in [-0.15, -0.1) is 0 Å². The number of halogens is 2. The smallest absolute Gasteiger partial charge is 0.0591 e. The van der Waals surface area contributed by atoms with Crippen LogP contribution < -0.4 is 5.32 Å². The molecule has 1 atom stereocenters. The lowest BCUT2D eigenvalue weighted by atomic mass is 9.90. The molecule has 0 amide bonds. The summed E-state index contributed by atoms with van der Waals surface area (Å²) in [4.78, 5) is 0. The van der Waals surface area contributed by atoms with E-state index in [-0.39, 0.29) is 6.04 Å². The monoisotopic (exact) mass is 351 g/mol. The first kappa shape index (κ1) is 15.6. The first-order valence-electron chi connectivity index (χ1n) is 6.64. The molecule has 1 nitrogen and oxygen atoms in total. The molecule has 0 saturated heterocycles. The van der Waals surface area contributed by atoms with Gasteiger partial charge in [0.2, 0.25) is 0 Å². The molecule has 0 aliphatic rings. The van der Waals surface area contributed by atoms with Gasteiger partial charge < -0.3 is 5.32 Å². The molecule has 1 N–H and O–H groups in total. The normalized spacial score (nSPS) is 12.5. The molecule has 0 spiro atoms. The highest BCUT2D eigenvalue weighted by Gasteiger charge is 2.19. The van der Waals surface area contributed by atoms with Crippen molar-refractivity contribution in [2.75, 3.05) is 7.05 Å². The van der Waals surface area contributed by atoms with Crippen molar-refractivity contribution in [3.63, 3.8) is 0 Å². The van der Waals surface area contributed by atoms with Gasteiger partial charge in [-0.1, -0.05) is 45.2 Å². The lowest BCUT2D eigenvalue weighted by molar-refractivity contribution is 0.680. The van der Waals surface area contributed by atoms with Crippen molar-refractivity contribution >= 4 is 27.5 Å². The van der Waals surface area contributed by atoms with Gasteiger partial charge in [0.15, 0.2) is 0 Å². The molecule has 0 aliphatic heterocycles. The molecule has 2 aromatic carbocycles. The zero-order chi connectivity index (χ0) is 14.9. The summed E-state index contributed by atoms with van der Waals surface area (Å²) >= 11 is 9.80. The number of hydrogen-bond acceptors (Lipinski definition) is 1. The van der Waals surface area contributed by atoms with E-state index in [0.29, 0.717) is 0 Å². The van der Waals surface area contributed by atoms with Gasteiger partial charge in [0.1, 0.15) is 0 Å². The van der Waals surface area contributed by atoms with E-state index in [1.807, 2.05) is 25.2 Å².